The molecule has 4 heterocycles. The van der Waals surface area contributed by atoms with E-state index in [0.29, 0.717) is 17.6 Å². The second-order valence-electron chi connectivity index (χ2n) is 15.1. The molecular formula is C53H31N5O. The van der Waals surface area contributed by atoms with Gasteiger partial charge >= 0.3 is 0 Å². The first kappa shape index (κ1) is 32.0. The van der Waals surface area contributed by atoms with Crippen LogP contribution in [0.5, 0.6) is 0 Å². The van der Waals surface area contributed by atoms with Gasteiger partial charge in [0.1, 0.15) is 11.2 Å². The monoisotopic (exact) mass is 753 g/mol. The summed E-state index contributed by atoms with van der Waals surface area (Å²) in [7, 11) is 0. The number of benzene rings is 9. The Labute approximate surface area is 336 Å². The summed E-state index contributed by atoms with van der Waals surface area (Å²) in [6, 6.07) is 66.1. The van der Waals surface area contributed by atoms with Crippen LogP contribution in [0.4, 0.5) is 0 Å². The summed E-state index contributed by atoms with van der Waals surface area (Å²) in [5.74, 6) is 1.72. The highest BCUT2D eigenvalue weighted by Gasteiger charge is 2.25. The van der Waals surface area contributed by atoms with E-state index in [1.807, 2.05) is 42.5 Å². The van der Waals surface area contributed by atoms with Crippen molar-refractivity contribution in [3.8, 4) is 34.4 Å². The zero-order valence-corrected chi connectivity index (χ0v) is 31.5. The molecule has 0 aliphatic carbocycles. The Kier molecular flexibility index (Phi) is 6.63. The summed E-state index contributed by atoms with van der Waals surface area (Å²) in [4.78, 5) is 15.7. The van der Waals surface area contributed by atoms with Crippen LogP contribution in [0.2, 0.25) is 0 Å². The minimum Gasteiger partial charge on any atom is -0.456 e. The van der Waals surface area contributed by atoms with Crippen LogP contribution in [0.3, 0.4) is 0 Å². The summed E-state index contributed by atoms with van der Waals surface area (Å²) in [6.45, 7) is 0. The Hall–Kier alpha value is -8.09. The van der Waals surface area contributed by atoms with Crippen LogP contribution in [-0.2, 0) is 0 Å². The molecule has 0 amide bonds. The number of furan rings is 1. The van der Waals surface area contributed by atoms with Crippen LogP contribution >= 0.6 is 0 Å². The molecule has 0 aliphatic heterocycles. The second kappa shape index (κ2) is 12.2. The fourth-order valence-corrected chi connectivity index (χ4v) is 9.45. The molecule has 0 saturated carbocycles. The van der Waals surface area contributed by atoms with Gasteiger partial charge in [0, 0.05) is 54.5 Å². The van der Waals surface area contributed by atoms with Crippen LogP contribution in [0.15, 0.2) is 192 Å². The van der Waals surface area contributed by atoms with Gasteiger partial charge in [-0.25, -0.2) is 4.98 Å². The first-order chi connectivity index (χ1) is 29.3. The van der Waals surface area contributed by atoms with Gasteiger partial charge in [-0.1, -0.05) is 140 Å². The molecule has 274 valence electrons. The predicted molar refractivity (Wildman–Crippen MR) is 242 cm³/mol. The Morgan fingerprint density at radius 1 is 0.339 bits per heavy atom. The Bertz CT molecular complexity index is 3840. The van der Waals surface area contributed by atoms with Gasteiger partial charge in [-0.05, 0) is 64.7 Å². The second-order valence-corrected chi connectivity index (χ2v) is 15.1. The minimum absolute atomic E-state index is 0.547. The summed E-state index contributed by atoms with van der Waals surface area (Å²) in [5.41, 5.74) is 8.90. The number of hydrogen-bond acceptors (Lipinski definition) is 4. The summed E-state index contributed by atoms with van der Waals surface area (Å²) in [6.07, 6.45) is 0. The lowest BCUT2D eigenvalue weighted by molar-refractivity contribution is 0.669. The molecule has 4 aromatic heterocycles. The summed E-state index contributed by atoms with van der Waals surface area (Å²) >= 11 is 0. The number of nitrogens with zero attached hydrogens (tertiary/aromatic N) is 5. The third kappa shape index (κ3) is 4.59. The van der Waals surface area contributed by atoms with E-state index >= 15 is 0 Å². The highest BCUT2D eigenvalue weighted by atomic mass is 16.3. The molecule has 9 aromatic carbocycles. The predicted octanol–water partition coefficient (Wildman–Crippen LogP) is 13.6. The lowest BCUT2D eigenvalue weighted by atomic mass is 9.95. The van der Waals surface area contributed by atoms with Gasteiger partial charge in [-0.15, -0.1) is 0 Å². The molecule has 13 aromatic rings. The third-order valence-corrected chi connectivity index (χ3v) is 11.9. The number of rotatable bonds is 4. The Morgan fingerprint density at radius 3 is 1.69 bits per heavy atom. The molecule has 6 nitrogen and oxygen atoms in total. The molecule has 0 aliphatic rings. The number of aromatic nitrogens is 5. The topological polar surface area (TPSA) is 61.7 Å². The van der Waals surface area contributed by atoms with E-state index < -0.39 is 0 Å². The van der Waals surface area contributed by atoms with Crippen molar-refractivity contribution in [2.24, 2.45) is 0 Å². The molecule has 6 heteroatoms. The highest BCUT2D eigenvalue weighted by Crippen LogP contribution is 2.47. The average Bonchev–Trinajstić information content (AvgIpc) is 3.97. The van der Waals surface area contributed by atoms with Crippen molar-refractivity contribution < 1.29 is 4.42 Å². The maximum atomic E-state index is 6.34. The van der Waals surface area contributed by atoms with Crippen LogP contribution in [0, 0.1) is 0 Å². The summed E-state index contributed by atoms with van der Waals surface area (Å²) < 4.78 is 11.0. The van der Waals surface area contributed by atoms with Crippen molar-refractivity contribution in [2.75, 3.05) is 0 Å². The first-order valence-electron chi connectivity index (χ1n) is 19.9. The van der Waals surface area contributed by atoms with Crippen molar-refractivity contribution in [2.45, 2.75) is 0 Å². The van der Waals surface area contributed by atoms with E-state index in [4.69, 9.17) is 19.4 Å². The van der Waals surface area contributed by atoms with E-state index in [1.54, 1.807) is 0 Å². The number of hydrogen-bond donors (Lipinski definition) is 0. The molecule has 0 atom stereocenters. The van der Waals surface area contributed by atoms with E-state index in [1.165, 1.54) is 37.8 Å². The lowest BCUT2D eigenvalue weighted by Crippen LogP contribution is -2.06. The van der Waals surface area contributed by atoms with Crippen molar-refractivity contribution in [1.82, 2.24) is 24.1 Å². The lowest BCUT2D eigenvalue weighted by Gasteiger charge is -2.12. The SMILES string of the molecule is c1ccc(-c2nc(-c3ccc4c(c3)oc3ccccc34)nc(-n3c4ccccc4c4c5c6c7ccccc7c7ccccc7c6n(-c6ccccc6)c5ccc43)n2)cc1. The van der Waals surface area contributed by atoms with E-state index in [2.05, 4.69) is 155 Å². The zero-order chi connectivity index (χ0) is 38.6. The molecule has 13 rings (SSSR count). The van der Waals surface area contributed by atoms with Gasteiger partial charge in [-0.3, -0.25) is 4.57 Å². The Morgan fingerprint density at radius 2 is 0.915 bits per heavy atom. The molecule has 59 heavy (non-hydrogen) atoms. The van der Waals surface area contributed by atoms with Gasteiger partial charge in [0.05, 0.1) is 22.1 Å². The molecule has 0 fully saturated rings. The highest BCUT2D eigenvalue weighted by molar-refractivity contribution is 6.38. The molecule has 0 saturated heterocycles. The van der Waals surface area contributed by atoms with Gasteiger partial charge < -0.3 is 8.98 Å². The molecule has 0 unspecified atom stereocenters. The quantitative estimate of drug-likeness (QED) is 0.168. The Balaban J connectivity index is 1.17. The van der Waals surface area contributed by atoms with Crippen molar-refractivity contribution in [1.29, 1.82) is 0 Å². The number of fused-ring (bicyclic) bond motifs is 15. The average molecular weight is 754 g/mol. The van der Waals surface area contributed by atoms with Crippen molar-refractivity contribution >= 4 is 87.1 Å². The summed E-state index contributed by atoms with van der Waals surface area (Å²) in [5, 5.41) is 11.8. The number of para-hydroxylation sites is 3. The van der Waals surface area contributed by atoms with Gasteiger partial charge in [0.2, 0.25) is 5.95 Å². The molecular weight excluding hydrogens is 723 g/mol. The smallest absolute Gasteiger partial charge is 0.238 e. The van der Waals surface area contributed by atoms with E-state index in [0.717, 1.165) is 66.1 Å². The standard InChI is InChI=1S/C53H31N5O/c1-3-15-32(16-4-1)51-54-52(33-27-28-38-37-21-12-14-26-45(37)59-46(38)31-33)56-53(55-51)58-42-25-13-11-24-41(42)47-43(58)29-30-44-49(47)48-39-22-9-7-19-35(39)36-20-8-10-23-40(36)50(48)57(44)34-17-5-2-6-18-34/h1-31H. The largest absolute Gasteiger partial charge is 0.456 e. The van der Waals surface area contributed by atoms with E-state index in [-0.39, 0.29) is 0 Å². The van der Waals surface area contributed by atoms with Crippen LogP contribution in [-0.4, -0.2) is 24.1 Å². The molecule has 0 spiro atoms. The van der Waals surface area contributed by atoms with Gasteiger partial charge in [0.25, 0.3) is 0 Å². The van der Waals surface area contributed by atoms with Gasteiger partial charge in [0.15, 0.2) is 11.6 Å². The fraction of sp³-hybridized carbons (Fsp3) is 0. The third-order valence-electron chi connectivity index (χ3n) is 11.9. The maximum Gasteiger partial charge on any atom is 0.238 e. The molecule has 0 bridgehead atoms. The van der Waals surface area contributed by atoms with Crippen LogP contribution in [0.25, 0.3) is 122 Å². The zero-order valence-electron chi connectivity index (χ0n) is 31.5. The van der Waals surface area contributed by atoms with Crippen LogP contribution in [0.1, 0.15) is 0 Å². The molecule has 0 radical (unpaired) electrons. The molecule has 0 N–H and O–H groups in total. The minimum atomic E-state index is 0.547. The van der Waals surface area contributed by atoms with E-state index in [9.17, 15) is 0 Å². The normalized spacial score (nSPS) is 12.1. The van der Waals surface area contributed by atoms with Gasteiger partial charge in [-0.2, -0.15) is 9.97 Å². The first-order valence-corrected chi connectivity index (χ1v) is 19.9. The van der Waals surface area contributed by atoms with Crippen molar-refractivity contribution in [3.05, 3.63) is 188 Å². The van der Waals surface area contributed by atoms with Crippen molar-refractivity contribution in [3.63, 3.8) is 0 Å². The van der Waals surface area contributed by atoms with Crippen LogP contribution < -0.4 is 0 Å². The fourth-order valence-electron chi connectivity index (χ4n) is 9.45. The maximum absolute atomic E-state index is 6.34.